The van der Waals surface area contributed by atoms with Crippen molar-refractivity contribution in [2.75, 3.05) is 30.6 Å². The van der Waals surface area contributed by atoms with Crippen molar-refractivity contribution in [1.82, 2.24) is 9.97 Å². The number of carbonyl (C=O) groups is 1. The second-order valence-electron chi connectivity index (χ2n) is 8.56. The molecule has 1 fully saturated rings. The van der Waals surface area contributed by atoms with E-state index in [1.807, 2.05) is 87.4 Å². The van der Waals surface area contributed by atoms with E-state index in [1.165, 1.54) is 5.01 Å². The Bertz CT molecular complexity index is 1120. The molecule has 3 aromatic rings. The van der Waals surface area contributed by atoms with Crippen LogP contribution < -0.4 is 20.5 Å². The van der Waals surface area contributed by atoms with Gasteiger partial charge in [-0.2, -0.15) is 0 Å². The van der Waals surface area contributed by atoms with E-state index in [1.54, 1.807) is 6.20 Å². The van der Waals surface area contributed by atoms with Crippen molar-refractivity contribution in [2.45, 2.75) is 25.7 Å². The molecule has 1 aliphatic carbocycles. The van der Waals surface area contributed by atoms with Crippen LogP contribution in [0.15, 0.2) is 60.8 Å². The van der Waals surface area contributed by atoms with Gasteiger partial charge in [0.15, 0.2) is 5.75 Å². The zero-order valence-corrected chi connectivity index (χ0v) is 18.9. The van der Waals surface area contributed by atoms with Crippen LogP contribution in [0.3, 0.4) is 0 Å². The number of anilines is 2. The maximum atomic E-state index is 13.4. The third-order valence-electron chi connectivity index (χ3n) is 6.12. The molecular weight excluding hydrogens is 402 g/mol. The first-order valence-corrected chi connectivity index (χ1v) is 10.7. The third kappa shape index (κ3) is 4.16. The Morgan fingerprint density at radius 2 is 1.84 bits per heavy atom. The molecule has 0 bridgehead atoms. The number of amides is 1. The molecule has 32 heavy (non-hydrogen) atoms. The number of hydrogen-bond acceptors (Lipinski definition) is 6. The first kappa shape index (κ1) is 21.8. The van der Waals surface area contributed by atoms with Gasteiger partial charge in [-0.15, -0.1) is 0 Å². The van der Waals surface area contributed by atoms with Crippen LogP contribution in [0.1, 0.15) is 23.5 Å². The molecule has 2 N–H and O–H groups in total. The lowest BCUT2D eigenvalue weighted by Gasteiger charge is -2.23. The number of ether oxygens (including phenoxy) is 1. The van der Waals surface area contributed by atoms with Gasteiger partial charge in [-0.05, 0) is 44.0 Å². The van der Waals surface area contributed by atoms with Crippen LogP contribution in [0.2, 0.25) is 0 Å². The van der Waals surface area contributed by atoms with E-state index in [-0.39, 0.29) is 11.8 Å². The zero-order valence-electron chi connectivity index (χ0n) is 18.9. The second kappa shape index (κ2) is 8.59. The minimum Gasteiger partial charge on any atom is -0.489 e. The smallest absolute Gasteiger partial charge is 0.245 e. The van der Waals surface area contributed by atoms with Gasteiger partial charge < -0.3 is 9.64 Å². The molecule has 7 nitrogen and oxygen atoms in total. The van der Waals surface area contributed by atoms with Crippen LogP contribution in [0.25, 0.3) is 0 Å². The lowest BCUT2D eigenvalue weighted by atomic mass is 9.93. The molecule has 1 aromatic heterocycles. The predicted molar refractivity (Wildman–Crippen MR) is 126 cm³/mol. The van der Waals surface area contributed by atoms with Crippen LogP contribution in [0.5, 0.6) is 5.75 Å². The van der Waals surface area contributed by atoms with E-state index in [9.17, 15) is 4.79 Å². The molecule has 0 unspecified atom stereocenters. The van der Waals surface area contributed by atoms with E-state index in [2.05, 4.69) is 9.97 Å². The highest BCUT2D eigenvalue weighted by molar-refractivity contribution is 5.97. The summed E-state index contributed by atoms with van der Waals surface area (Å²) in [7, 11) is 3.91. The van der Waals surface area contributed by atoms with Crippen molar-refractivity contribution < 1.29 is 9.53 Å². The Hall–Kier alpha value is -3.45. The number of rotatable bonds is 7. The highest BCUT2D eigenvalue weighted by Crippen LogP contribution is 2.55. The third-order valence-corrected chi connectivity index (χ3v) is 6.12. The van der Waals surface area contributed by atoms with Gasteiger partial charge in [-0.3, -0.25) is 4.79 Å². The summed E-state index contributed by atoms with van der Waals surface area (Å²) in [6, 6.07) is 17.7. The maximum Gasteiger partial charge on any atom is 0.245 e. The topological polar surface area (TPSA) is 84.6 Å². The molecule has 0 aliphatic heterocycles. The van der Waals surface area contributed by atoms with Crippen molar-refractivity contribution in [3.63, 3.8) is 0 Å². The van der Waals surface area contributed by atoms with Crippen molar-refractivity contribution in [2.24, 2.45) is 11.8 Å². The fraction of sp³-hybridized carbons (Fsp3) is 0.320. The van der Waals surface area contributed by atoms with Crippen molar-refractivity contribution in [1.29, 1.82) is 0 Å². The van der Waals surface area contributed by atoms with E-state index < -0.39 is 5.41 Å². The standard InChI is InChI=1S/C25H29N5O2/c1-17-23(15-27-18(2)28-17)32-16-25(19-9-6-5-7-10-19)14-22(25)24(31)30(26)21-12-8-11-20(13-21)29(3)4/h5-13,15,22H,14,16,26H2,1-4H3/t22-,25+/m0/s1. The molecule has 2 aromatic carbocycles. The van der Waals surface area contributed by atoms with Gasteiger partial charge in [-0.25, -0.2) is 20.8 Å². The minimum absolute atomic E-state index is 0.120. The van der Waals surface area contributed by atoms with E-state index in [0.717, 1.165) is 16.9 Å². The number of nitrogens with two attached hydrogens (primary N) is 1. The zero-order chi connectivity index (χ0) is 22.9. The van der Waals surface area contributed by atoms with Crippen molar-refractivity contribution in [3.05, 3.63) is 77.9 Å². The Balaban J connectivity index is 1.58. The normalized spacial score (nSPS) is 19.3. The SMILES string of the molecule is Cc1ncc(OC[C@@]2(c3ccccc3)C[C@H]2C(=O)N(N)c2cccc(N(C)C)c2)c(C)n1. The number of hydrogen-bond donors (Lipinski definition) is 1. The van der Waals surface area contributed by atoms with Crippen LogP contribution in [0, 0.1) is 19.8 Å². The van der Waals surface area contributed by atoms with Gasteiger partial charge in [0.2, 0.25) is 5.91 Å². The molecule has 0 spiro atoms. The van der Waals surface area contributed by atoms with Crippen LogP contribution in [0.4, 0.5) is 11.4 Å². The second-order valence-corrected chi connectivity index (χ2v) is 8.56. The molecule has 1 heterocycles. The maximum absolute atomic E-state index is 13.4. The molecule has 7 heteroatoms. The Kier molecular flexibility index (Phi) is 5.84. The Labute approximate surface area is 188 Å². The highest BCUT2D eigenvalue weighted by atomic mass is 16.5. The van der Waals surface area contributed by atoms with Crippen LogP contribution >= 0.6 is 0 Å². The van der Waals surface area contributed by atoms with Crippen molar-refractivity contribution >= 4 is 17.3 Å². The molecule has 0 radical (unpaired) electrons. The minimum atomic E-state index is -0.438. The Morgan fingerprint density at radius 1 is 1.12 bits per heavy atom. The number of aryl methyl sites for hydroxylation is 2. The molecule has 166 valence electrons. The van der Waals surface area contributed by atoms with Gasteiger partial charge in [0, 0.05) is 25.2 Å². The van der Waals surface area contributed by atoms with Gasteiger partial charge in [-0.1, -0.05) is 36.4 Å². The summed E-state index contributed by atoms with van der Waals surface area (Å²) in [5, 5.41) is 1.27. The molecule has 1 aliphatic rings. The molecule has 1 saturated carbocycles. The quantitative estimate of drug-likeness (QED) is 0.351. The van der Waals surface area contributed by atoms with Gasteiger partial charge >= 0.3 is 0 Å². The summed E-state index contributed by atoms with van der Waals surface area (Å²) in [6.45, 7) is 4.10. The molecular formula is C25H29N5O2. The fourth-order valence-electron chi connectivity index (χ4n) is 4.10. The van der Waals surface area contributed by atoms with Crippen LogP contribution in [-0.2, 0) is 10.2 Å². The number of carbonyl (C=O) groups excluding carboxylic acids is 1. The number of hydrazine groups is 1. The summed E-state index contributed by atoms with van der Waals surface area (Å²) >= 11 is 0. The van der Waals surface area contributed by atoms with E-state index in [0.29, 0.717) is 30.3 Å². The lowest BCUT2D eigenvalue weighted by molar-refractivity contribution is -0.120. The number of nitrogens with zero attached hydrogens (tertiary/aromatic N) is 4. The molecule has 0 saturated heterocycles. The molecule has 2 atom stereocenters. The van der Waals surface area contributed by atoms with E-state index in [4.69, 9.17) is 10.6 Å². The molecule has 4 rings (SSSR count). The average molecular weight is 432 g/mol. The summed E-state index contributed by atoms with van der Waals surface area (Å²) in [6.07, 6.45) is 2.36. The van der Waals surface area contributed by atoms with Gasteiger partial charge in [0.05, 0.1) is 30.1 Å². The molecule has 1 amide bonds. The lowest BCUT2D eigenvalue weighted by Crippen LogP contribution is -2.41. The summed E-state index contributed by atoms with van der Waals surface area (Å²) in [4.78, 5) is 24.0. The summed E-state index contributed by atoms with van der Waals surface area (Å²) < 4.78 is 6.15. The van der Waals surface area contributed by atoms with Gasteiger partial charge in [0.1, 0.15) is 5.82 Å². The first-order valence-electron chi connectivity index (χ1n) is 10.7. The number of aromatic nitrogens is 2. The van der Waals surface area contributed by atoms with Gasteiger partial charge in [0.25, 0.3) is 0 Å². The van der Waals surface area contributed by atoms with Crippen LogP contribution in [-0.4, -0.2) is 36.6 Å². The largest absolute Gasteiger partial charge is 0.489 e. The van der Waals surface area contributed by atoms with E-state index >= 15 is 0 Å². The highest BCUT2D eigenvalue weighted by Gasteiger charge is 2.61. The summed E-state index contributed by atoms with van der Waals surface area (Å²) in [5.74, 6) is 7.24. The fourth-order valence-corrected chi connectivity index (χ4v) is 4.10. The first-order chi connectivity index (χ1) is 15.3. The Morgan fingerprint density at radius 3 is 2.53 bits per heavy atom. The summed E-state index contributed by atoms with van der Waals surface area (Å²) in [5.41, 5.74) is 3.06. The average Bonchev–Trinajstić information content (AvgIpc) is 3.54. The number of benzene rings is 2. The van der Waals surface area contributed by atoms with Crippen molar-refractivity contribution in [3.8, 4) is 5.75 Å². The predicted octanol–water partition coefficient (Wildman–Crippen LogP) is 3.40. The monoisotopic (exact) mass is 431 g/mol.